The van der Waals surface area contributed by atoms with E-state index in [4.69, 9.17) is 4.74 Å². The Morgan fingerprint density at radius 3 is 2.58 bits per heavy atom. The van der Waals surface area contributed by atoms with Crippen LogP contribution in [-0.4, -0.2) is 59.3 Å². The van der Waals surface area contributed by atoms with Crippen molar-refractivity contribution in [1.82, 2.24) is 14.7 Å². The van der Waals surface area contributed by atoms with Gasteiger partial charge in [-0.3, -0.25) is 9.48 Å². The number of carbonyl (C=O) groups is 2. The molecule has 1 amide bonds. The summed E-state index contributed by atoms with van der Waals surface area (Å²) in [6, 6.07) is 6.18. The Bertz CT molecular complexity index is 1060. The zero-order valence-electron chi connectivity index (χ0n) is 19.4. The summed E-state index contributed by atoms with van der Waals surface area (Å²) in [7, 11) is 0. The number of amides is 1. The minimum atomic E-state index is -3.13. The Morgan fingerprint density at radius 1 is 1.15 bits per heavy atom. The van der Waals surface area contributed by atoms with Gasteiger partial charge in [0.2, 0.25) is 5.91 Å². The summed E-state index contributed by atoms with van der Waals surface area (Å²) >= 11 is 0. The maximum absolute atomic E-state index is 14.8. The number of halogens is 2. The van der Waals surface area contributed by atoms with E-state index >= 15 is 0 Å². The Labute approximate surface area is 192 Å². The molecule has 1 aliphatic heterocycles. The molecule has 33 heavy (non-hydrogen) atoms. The molecule has 178 valence electrons. The average molecular weight is 461 g/mol. The predicted molar refractivity (Wildman–Crippen MR) is 120 cm³/mol. The number of piperazine rings is 1. The first-order chi connectivity index (χ1) is 15.7. The zero-order valence-corrected chi connectivity index (χ0v) is 19.4. The van der Waals surface area contributed by atoms with Gasteiger partial charge in [0.15, 0.2) is 5.69 Å². The molecule has 4 rings (SSSR count). The number of carbonyl (C=O) groups excluding carboxylic acids is 2. The van der Waals surface area contributed by atoms with E-state index in [1.165, 1.54) is 11.1 Å². The molecule has 0 atom stereocenters. The number of hydrogen-bond donors (Lipinski definition) is 0. The molecule has 0 N–H and O–H groups in total. The number of anilines is 1. The molecule has 0 radical (unpaired) electrons. The molecule has 0 bridgehead atoms. The van der Waals surface area contributed by atoms with Gasteiger partial charge in [-0.15, -0.1) is 0 Å². The Balaban J connectivity index is 1.50. The first-order valence-corrected chi connectivity index (χ1v) is 11.5. The maximum Gasteiger partial charge on any atom is 0.359 e. The monoisotopic (exact) mass is 460 g/mol. The van der Waals surface area contributed by atoms with E-state index in [0.29, 0.717) is 32.6 Å². The third-order valence-corrected chi connectivity index (χ3v) is 6.62. The number of rotatable bonds is 5. The van der Waals surface area contributed by atoms with E-state index in [0.717, 1.165) is 10.4 Å². The van der Waals surface area contributed by atoms with E-state index in [9.17, 15) is 18.4 Å². The average Bonchev–Trinajstić information content (AvgIpc) is 3.16. The van der Waals surface area contributed by atoms with Crippen molar-refractivity contribution in [2.24, 2.45) is 0 Å². The molecule has 9 heteroatoms. The van der Waals surface area contributed by atoms with Crippen molar-refractivity contribution in [3.05, 3.63) is 46.3 Å². The quantitative estimate of drug-likeness (QED) is 0.640. The van der Waals surface area contributed by atoms with Crippen LogP contribution in [0, 0.1) is 13.8 Å². The van der Waals surface area contributed by atoms with Gasteiger partial charge in [-0.25, -0.2) is 4.79 Å². The smallest absolute Gasteiger partial charge is 0.359 e. The number of aryl methyl sites for hydroxylation is 1. The minimum absolute atomic E-state index is 0.0984. The summed E-state index contributed by atoms with van der Waals surface area (Å²) in [6.45, 7) is 7.94. The highest BCUT2D eigenvalue weighted by Gasteiger charge is 2.44. The summed E-state index contributed by atoms with van der Waals surface area (Å²) in [5.74, 6) is -4.13. The highest BCUT2D eigenvalue weighted by molar-refractivity contribution is 5.89. The second kappa shape index (κ2) is 9.11. The van der Waals surface area contributed by atoms with Gasteiger partial charge in [-0.1, -0.05) is 12.1 Å². The number of nitrogens with zero attached hydrogens (tertiary/aromatic N) is 4. The molecular weight excluding hydrogens is 430 g/mol. The molecule has 2 aromatic rings. The van der Waals surface area contributed by atoms with Crippen molar-refractivity contribution in [1.29, 1.82) is 0 Å². The molecule has 1 saturated heterocycles. The standard InChI is InChI=1S/C24H30F2N4O3/c1-4-33-23(32)21-18-8-6-10-24(25,26)22(18)30(27-21)15-20(31)29-13-11-28(12-14-29)19-9-5-7-16(2)17(19)3/h5,7,9H,4,6,8,10-15H2,1-3H3. The highest BCUT2D eigenvalue weighted by atomic mass is 19.3. The maximum atomic E-state index is 14.8. The first-order valence-electron chi connectivity index (χ1n) is 11.5. The molecule has 0 unspecified atom stereocenters. The summed E-state index contributed by atoms with van der Waals surface area (Å²) in [5.41, 5.74) is 3.37. The highest BCUT2D eigenvalue weighted by Crippen LogP contribution is 2.41. The normalized spacial score (nSPS) is 17.6. The summed E-state index contributed by atoms with van der Waals surface area (Å²) in [5, 5.41) is 4.13. The lowest BCUT2D eigenvalue weighted by Gasteiger charge is -2.37. The molecule has 0 saturated carbocycles. The lowest BCUT2D eigenvalue weighted by molar-refractivity contribution is -0.132. The number of fused-ring (bicyclic) bond motifs is 1. The Morgan fingerprint density at radius 2 is 1.88 bits per heavy atom. The van der Waals surface area contributed by atoms with E-state index in [2.05, 4.69) is 36.0 Å². The first kappa shape index (κ1) is 23.2. The lowest BCUT2D eigenvalue weighted by Crippen LogP contribution is -2.50. The molecule has 1 aromatic heterocycles. The van der Waals surface area contributed by atoms with Gasteiger partial charge in [-0.2, -0.15) is 13.9 Å². The third-order valence-electron chi connectivity index (χ3n) is 6.62. The van der Waals surface area contributed by atoms with Crippen LogP contribution in [0.5, 0.6) is 0 Å². The van der Waals surface area contributed by atoms with Crippen molar-refractivity contribution in [2.45, 2.75) is 52.5 Å². The molecule has 1 aromatic carbocycles. The molecule has 1 aliphatic carbocycles. The van der Waals surface area contributed by atoms with E-state index in [1.807, 2.05) is 6.07 Å². The summed E-state index contributed by atoms with van der Waals surface area (Å²) < 4.78 is 35.6. The van der Waals surface area contributed by atoms with Crippen molar-refractivity contribution in [3.8, 4) is 0 Å². The minimum Gasteiger partial charge on any atom is -0.461 e. The molecule has 1 fully saturated rings. The number of hydrogen-bond acceptors (Lipinski definition) is 5. The van der Waals surface area contributed by atoms with E-state index in [-0.39, 0.29) is 48.9 Å². The van der Waals surface area contributed by atoms with Gasteiger partial charge in [0, 0.05) is 43.9 Å². The fourth-order valence-corrected chi connectivity index (χ4v) is 4.73. The fourth-order valence-electron chi connectivity index (χ4n) is 4.73. The van der Waals surface area contributed by atoms with Crippen LogP contribution in [0.2, 0.25) is 0 Å². The lowest BCUT2D eigenvalue weighted by atomic mass is 9.92. The molecule has 2 aliphatic rings. The number of aromatic nitrogens is 2. The molecule has 2 heterocycles. The fraction of sp³-hybridized carbons (Fsp3) is 0.542. The van der Waals surface area contributed by atoms with Gasteiger partial charge >= 0.3 is 5.97 Å². The molecule has 7 nitrogen and oxygen atoms in total. The van der Waals surface area contributed by atoms with Crippen LogP contribution in [-0.2, 0) is 28.4 Å². The Kier molecular flexibility index (Phi) is 6.41. The van der Waals surface area contributed by atoms with Gasteiger partial charge in [0.1, 0.15) is 12.2 Å². The van der Waals surface area contributed by atoms with Crippen LogP contribution in [0.3, 0.4) is 0 Å². The predicted octanol–water partition coefficient (Wildman–Crippen LogP) is 3.45. The molecule has 0 spiro atoms. The van der Waals surface area contributed by atoms with Crippen LogP contribution < -0.4 is 4.90 Å². The van der Waals surface area contributed by atoms with E-state index < -0.39 is 11.9 Å². The second-order valence-electron chi connectivity index (χ2n) is 8.70. The number of alkyl halides is 2. The topological polar surface area (TPSA) is 67.7 Å². The second-order valence-corrected chi connectivity index (χ2v) is 8.70. The third kappa shape index (κ3) is 4.45. The SMILES string of the molecule is CCOC(=O)c1nn(CC(=O)N2CCN(c3cccc(C)c3C)CC2)c2c1CCCC2(F)F. The van der Waals surface area contributed by atoms with Crippen LogP contribution in [0.15, 0.2) is 18.2 Å². The van der Waals surface area contributed by atoms with Crippen LogP contribution in [0.1, 0.15) is 52.6 Å². The number of benzene rings is 1. The van der Waals surface area contributed by atoms with Crippen LogP contribution in [0.25, 0.3) is 0 Å². The van der Waals surface area contributed by atoms with Crippen LogP contribution in [0.4, 0.5) is 14.5 Å². The Hall–Kier alpha value is -2.97. The van der Waals surface area contributed by atoms with Gasteiger partial charge in [0.05, 0.1) is 6.61 Å². The summed E-state index contributed by atoms with van der Waals surface area (Å²) in [6.07, 6.45) is 0.255. The largest absolute Gasteiger partial charge is 0.461 e. The summed E-state index contributed by atoms with van der Waals surface area (Å²) in [4.78, 5) is 29.3. The molecular formula is C24H30F2N4O3. The van der Waals surface area contributed by atoms with Gasteiger partial charge in [-0.05, 0) is 50.8 Å². The van der Waals surface area contributed by atoms with Gasteiger partial charge in [0.25, 0.3) is 5.92 Å². The van der Waals surface area contributed by atoms with Crippen LogP contribution >= 0.6 is 0 Å². The van der Waals surface area contributed by atoms with Crippen molar-refractivity contribution < 1.29 is 23.1 Å². The van der Waals surface area contributed by atoms with Gasteiger partial charge < -0.3 is 14.5 Å². The van der Waals surface area contributed by atoms with Crippen molar-refractivity contribution >= 4 is 17.6 Å². The number of esters is 1. The van der Waals surface area contributed by atoms with Crippen molar-refractivity contribution in [2.75, 3.05) is 37.7 Å². The van der Waals surface area contributed by atoms with Crippen molar-refractivity contribution in [3.63, 3.8) is 0 Å². The zero-order chi connectivity index (χ0) is 23.8. The van der Waals surface area contributed by atoms with E-state index in [1.54, 1.807) is 11.8 Å². The number of ether oxygens (including phenoxy) is 1.